The second-order valence-corrected chi connectivity index (χ2v) is 3.05. The Balaban J connectivity index is 2.57. The van der Waals surface area contributed by atoms with Crippen molar-refractivity contribution in [1.29, 1.82) is 0 Å². The van der Waals surface area contributed by atoms with Gasteiger partial charge in [0, 0.05) is 6.20 Å². The molecule has 0 aromatic carbocycles. The third-order valence-electron chi connectivity index (χ3n) is 2.31. The fourth-order valence-electron chi connectivity index (χ4n) is 1.64. The molecule has 0 fully saturated rings. The maximum absolute atomic E-state index is 9.44. The molecule has 0 amide bonds. The van der Waals surface area contributed by atoms with Crippen LogP contribution in [0.3, 0.4) is 0 Å². The molecule has 0 saturated heterocycles. The summed E-state index contributed by atoms with van der Waals surface area (Å²) in [7, 11) is 0. The van der Waals surface area contributed by atoms with Gasteiger partial charge in [0.15, 0.2) is 0 Å². The van der Waals surface area contributed by atoms with Gasteiger partial charge < -0.3 is 5.11 Å². The van der Waals surface area contributed by atoms with Gasteiger partial charge in [0.25, 0.3) is 0 Å². The molecule has 0 saturated carbocycles. The van der Waals surface area contributed by atoms with Crippen LogP contribution >= 0.6 is 0 Å². The molecule has 1 heterocycles. The third-order valence-corrected chi connectivity index (χ3v) is 2.31. The number of nitrogens with zero attached hydrogens (tertiary/aromatic N) is 1. The van der Waals surface area contributed by atoms with E-state index in [4.69, 9.17) is 0 Å². The van der Waals surface area contributed by atoms with E-state index in [1.54, 1.807) is 6.20 Å². The number of hydrogen-bond donors (Lipinski definition) is 1. The Morgan fingerprint density at radius 2 is 2.45 bits per heavy atom. The minimum Gasteiger partial charge on any atom is -0.387 e. The Hall–Kier alpha value is -0.890. The molecular formula is C9H11NO. The second kappa shape index (κ2) is 2.31. The Bertz CT molecular complexity index is 283. The quantitative estimate of drug-likeness (QED) is 0.604. The van der Waals surface area contributed by atoms with E-state index < -0.39 is 0 Å². The fraction of sp³-hybridized carbons (Fsp3) is 0.444. The molecule has 1 aliphatic carbocycles. The Kier molecular flexibility index (Phi) is 1.43. The van der Waals surface area contributed by atoms with Crippen LogP contribution in [0.2, 0.25) is 0 Å². The van der Waals surface area contributed by atoms with Crippen LogP contribution in [0.4, 0.5) is 0 Å². The molecule has 0 bridgehead atoms. The largest absolute Gasteiger partial charge is 0.387 e. The molecule has 0 aliphatic heterocycles. The molecule has 2 heteroatoms. The van der Waals surface area contributed by atoms with Crippen molar-refractivity contribution in [3.63, 3.8) is 0 Å². The number of pyridine rings is 1. The van der Waals surface area contributed by atoms with Gasteiger partial charge >= 0.3 is 0 Å². The maximum Gasteiger partial charge on any atom is 0.0965 e. The summed E-state index contributed by atoms with van der Waals surface area (Å²) in [5, 5.41) is 9.44. The lowest BCUT2D eigenvalue weighted by molar-refractivity contribution is 0.176. The number of aliphatic hydroxyl groups is 1. The predicted molar refractivity (Wildman–Crippen MR) is 42.3 cm³/mol. The van der Waals surface area contributed by atoms with Crippen LogP contribution in [-0.2, 0) is 6.42 Å². The van der Waals surface area contributed by atoms with Crippen molar-refractivity contribution in [1.82, 2.24) is 4.98 Å². The van der Waals surface area contributed by atoms with E-state index in [2.05, 4.69) is 11.9 Å². The highest BCUT2D eigenvalue weighted by molar-refractivity contribution is 5.33. The van der Waals surface area contributed by atoms with Crippen molar-refractivity contribution in [2.75, 3.05) is 0 Å². The zero-order valence-electron chi connectivity index (χ0n) is 6.54. The van der Waals surface area contributed by atoms with E-state index >= 15 is 0 Å². The van der Waals surface area contributed by atoms with Crippen molar-refractivity contribution in [2.24, 2.45) is 0 Å². The SMILES string of the molecule is Cc1ccnc2c1CC[C@H]2O. The van der Waals surface area contributed by atoms with Gasteiger partial charge in [-0.15, -0.1) is 0 Å². The lowest BCUT2D eigenvalue weighted by Crippen LogP contribution is -1.94. The van der Waals surface area contributed by atoms with E-state index in [0.29, 0.717) is 0 Å². The number of rotatable bonds is 0. The smallest absolute Gasteiger partial charge is 0.0965 e. The molecular weight excluding hydrogens is 138 g/mol. The summed E-state index contributed by atoms with van der Waals surface area (Å²) in [4.78, 5) is 4.15. The number of aliphatic hydroxyl groups excluding tert-OH is 1. The van der Waals surface area contributed by atoms with Crippen LogP contribution in [0.1, 0.15) is 29.3 Å². The van der Waals surface area contributed by atoms with E-state index in [9.17, 15) is 5.11 Å². The molecule has 58 valence electrons. The summed E-state index contributed by atoms with van der Waals surface area (Å²) < 4.78 is 0. The molecule has 0 spiro atoms. The Morgan fingerprint density at radius 1 is 1.64 bits per heavy atom. The number of aromatic nitrogens is 1. The van der Waals surface area contributed by atoms with E-state index in [0.717, 1.165) is 18.5 Å². The lowest BCUT2D eigenvalue weighted by Gasteiger charge is -2.02. The Morgan fingerprint density at radius 3 is 3.18 bits per heavy atom. The van der Waals surface area contributed by atoms with Crippen LogP contribution in [-0.4, -0.2) is 10.1 Å². The second-order valence-electron chi connectivity index (χ2n) is 3.05. The van der Waals surface area contributed by atoms with E-state index in [1.807, 2.05) is 6.07 Å². The average molecular weight is 149 g/mol. The van der Waals surface area contributed by atoms with E-state index in [-0.39, 0.29) is 6.10 Å². The van der Waals surface area contributed by atoms with Crippen molar-refractivity contribution in [3.05, 3.63) is 29.1 Å². The first-order valence-corrected chi connectivity index (χ1v) is 3.91. The minimum absolute atomic E-state index is 0.315. The summed E-state index contributed by atoms with van der Waals surface area (Å²) in [5.41, 5.74) is 3.40. The van der Waals surface area contributed by atoms with Crippen molar-refractivity contribution in [3.8, 4) is 0 Å². The van der Waals surface area contributed by atoms with Gasteiger partial charge in [-0.25, -0.2) is 0 Å². The molecule has 2 rings (SSSR count). The van der Waals surface area contributed by atoms with Crippen LogP contribution < -0.4 is 0 Å². The van der Waals surface area contributed by atoms with Gasteiger partial charge in [-0.1, -0.05) is 0 Å². The molecule has 1 aliphatic rings. The zero-order valence-corrected chi connectivity index (χ0v) is 6.54. The van der Waals surface area contributed by atoms with Gasteiger partial charge in [0.2, 0.25) is 0 Å². The monoisotopic (exact) mass is 149 g/mol. The number of hydrogen-bond acceptors (Lipinski definition) is 2. The minimum atomic E-state index is -0.315. The molecule has 2 nitrogen and oxygen atoms in total. The first-order chi connectivity index (χ1) is 5.29. The summed E-state index contributed by atoms with van der Waals surface area (Å²) in [6.07, 6.45) is 3.27. The summed E-state index contributed by atoms with van der Waals surface area (Å²) in [6.45, 7) is 2.07. The first kappa shape index (κ1) is 6.80. The average Bonchev–Trinajstić information content (AvgIpc) is 2.35. The Labute approximate surface area is 65.9 Å². The van der Waals surface area contributed by atoms with Gasteiger partial charge in [-0.2, -0.15) is 0 Å². The lowest BCUT2D eigenvalue weighted by atomic mass is 10.1. The van der Waals surface area contributed by atoms with Gasteiger partial charge in [0.1, 0.15) is 0 Å². The van der Waals surface area contributed by atoms with Crippen LogP contribution in [0.5, 0.6) is 0 Å². The standard InChI is InChI=1S/C9H11NO/c1-6-4-5-10-9-7(6)2-3-8(9)11/h4-5,8,11H,2-3H2,1H3/t8-/m1/s1. The van der Waals surface area contributed by atoms with Gasteiger partial charge in [0.05, 0.1) is 11.8 Å². The highest BCUT2D eigenvalue weighted by Crippen LogP contribution is 2.30. The number of aryl methyl sites for hydroxylation is 1. The normalized spacial score (nSPS) is 21.8. The zero-order chi connectivity index (χ0) is 7.84. The van der Waals surface area contributed by atoms with E-state index in [1.165, 1.54) is 11.1 Å². The number of fused-ring (bicyclic) bond motifs is 1. The predicted octanol–water partition coefficient (Wildman–Crippen LogP) is 1.37. The molecule has 1 aromatic heterocycles. The highest BCUT2D eigenvalue weighted by Gasteiger charge is 2.22. The summed E-state index contributed by atoms with van der Waals surface area (Å²) >= 11 is 0. The first-order valence-electron chi connectivity index (χ1n) is 3.91. The topological polar surface area (TPSA) is 33.1 Å². The molecule has 11 heavy (non-hydrogen) atoms. The van der Waals surface area contributed by atoms with Crippen molar-refractivity contribution < 1.29 is 5.11 Å². The molecule has 0 radical (unpaired) electrons. The molecule has 1 N–H and O–H groups in total. The highest BCUT2D eigenvalue weighted by atomic mass is 16.3. The van der Waals surface area contributed by atoms with Gasteiger partial charge in [-0.3, -0.25) is 4.98 Å². The van der Waals surface area contributed by atoms with Crippen molar-refractivity contribution in [2.45, 2.75) is 25.9 Å². The summed E-state index contributed by atoms with van der Waals surface area (Å²) in [6, 6.07) is 2.00. The molecule has 0 unspecified atom stereocenters. The summed E-state index contributed by atoms with van der Waals surface area (Å²) in [5.74, 6) is 0. The molecule has 1 atom stereocenters. The van der Waals surface area contributed by atoms with Crippen LogP contribution in [0.25, 0.3) is 0 Å². The van der Waals surface area contributed by atoms with Crippen molar-refractivity contribution >= 4 is 0 Å². The maximum atomic E-state index is 9.44. The fourth-order valence-corrected chi connectivity index (χ4v) is 1.64. The van der Waals surface area contributed by atoms with Gasteiger partial charge in [-0.05, 0) is 37.0 Å². The van der Waals surface area contributed by atoms with Crippen LogP contribution in [0.15, 0.2) is 12.3 Å². The third kappa shape index (κ3) is 0.942. The van der Waals surface area contributed by atoms with Crippen LogP contribution in [0, 0.1) is 6.92 Å². The molecule has 1 aromatic rings.